The monoisotopic (exact) mass is 547 g/mol. The first-order valence-corrected chi connectivity index (χ1v) is 12.9. The summed E-state index contributed by atoms with van der Waals surface area (Å²) in [4.78, 5) is 41.5. The Kier molecular flexibility index (Phi) is 10.6. The number of anilines is 1. The fourth-order valence-corrected chi connectivity index (χ4v) is 4.15. The van der Waals surface area contributed by atoms with Gasteiger partial charge in [-0.05, 0) is 82.9 Å². The van der Waals surface area contributed by atoms with E-state index in [1.165, 1.54) is 11.0 Å². The van der Waals surface area contributed by atoms with Gasteiger partial charge in [-0.25, -0.2) is 4.79 Å². The van der Waals surface area contributed by atoms with Crippen molar-refractivity contribution < 1.29 is 29.3 Å². The maximum atomic E-state index is 13.9. The van der Waals surface area contributed by atoms with E-state index in [9.17, 15) is 24.6 Å². The van der Waals surface area contributed by atoms with E-state index in [0.717, 1.165) is 5.56 Å². The number of alkyl carbamates (subject to hydrolysis) is 1. The molecule has 0 radical (unpaired) electrons. The normalized spacial score (nSPS) is 13.7. The molecule has 3 amide bonds. The number of benzene rings is 2. The highest BCUT2D eigenvalue weighted by atomic mass is 35.5. The molecule has 0 fully saturated rings. The number of aliphatic hydroxyl groups is 1. The van der Waals surface area contributed by atoms with Gasteiger partial charge in [0.25, 0.3) is 5.91 Å². The Bertz CT molecular complexity index is 1140. The third-order valence-electron chi connectivity index (χ3n) is 6.03. The van der Waals surface area contributed by atoms with E-state index in [1.54, 1.807) is 71.9 Å². The van der Waals surface area contributed by atoms with Gasteiger partial charge in [-0.15, -0.1) is 0 Å². The first-order valence-electron chi connectivity index (χ1n) is 12.5. The minimum Gasteiger partial charge on any atom is -0.508 e. The number of hydrogen-bond acceptors (Lipinski definition) is 6. The predicted molar refractivity (Wildman–Crippen MR) is 147 cm³/mol. The van der Waals surface area contributed by atoms with Gasteiger partial charge in [-0.2, -0.15) is 0 Å². The Morgan fingerprint density at radius 2 is 1.76 bits per heavy atom. The molecule has 0 heterocycles. The molecule has 3 atom stereocenters. The van der Waals surface area contributed by atoms with Crippen molar-refractivity contribution >= 4 is 35.2 Å². The number of carbonyl (C=O) groups is 3. The molecule has 0 bridgehead atoms. The van der Waals surface area contributed by atoms with Crippen molar-refractivity contribution in [1.29, 1.82) is 0 Å². The molecule has 0 saturated heterocycles. The lowest BCUT2D eigenvalue weighted by Crippen LogP contribution is -2.56. The van der Waals surface area contributed by atoms with Gasteiger partial charge < -0.3 is 30.5 Å². The summed E-state index contributed by atoms with van der Waals surface area (Å²) in [5, 5.41) is 25.8. The minimum absolute atomic E-state index is 0.0381. The summed E-state index contributed by atoms with van der Waals surface area (Å²) in [7, 11) is 0. The van der Waals surface area contributed by atoms with Crippen LogP contribution in [0.1, 0.15) is 63.8 Å². The number of para-hydroxylation sites is 1. The molecule has 0 aromatic heterocycles. The van der Waals surface area contributed by atoms with E-state index in [-0.39, 0.29) is 5.75 Å². The van der Waals surface area contributed by atoms with Crippen LogP contribution in [0.2, 0.25) is 5.02 Å². The molecule has 0 saturated carbocycles. The number of ether oxygens (including phenoxy) is 1. The number of aryl methyl sites for hydroxylation is 2. The van der Waals surface area contributed by atoms with Crippen LogP contribution in [0.25, 0.3) is 0 Å². The topological polar surface area (TPSA) is 128 Å². The average molecular weight is 548 g/mol. The lowest BCUT2D eigenvalue weighted by Gasteiger charge is -2.38. The molecule has 208 valence electrons. The molecule has 0 spiro atoms. The van der Waals surface area contributed by atoms with Crippen LogP contribution in [0, 0.1) is 13.8 Å². The number of carbonyl (C=O) groups excluding carboxylic acids is 3. The van der Waals surface area contributed by atoms with Crippen molar-refractivity contribution in [2.24, 2.45) is 0 Å². The number of amides is 3. The Labute approximate surface area is 229 Å². The maximum Gasteiger partial charge on any atom is 0.408 e. The maximum absolute atomic E-state index is 13.9. The lowest BCUT2D eigenvalue weighted by atomic mass is 9.98. The fraction of sp³-hybridized carbons (Fsp3) is 0.464. The molecule has 0 aliphatic heterocycles. The summed E-state index contributed by atoms with van der Waals surface area (Å²) in [6.45, 7) is 11.4. The predicted octanol–water partition coefficient (Wildman–Crippen LogP) is 4.85. The molecule has 38 heavy (non-hydrogen) atoms. The first-order chi connectivity index (χ1) is 17.7. The quantitative estimate of drug-likeness (QED) is 0.355. The van der Waals surface area contributed by atoms with Crippen LogP contribution in [-0.4, -0.2) is 57.3 Å². The number of rotatable bonds is 9. The van der Waals surface area contributed by atoms with E-state index in [0.29, 0.717) is 28.3 Å². The summed E-state index contributed by atoms with van der Waals surface area (Å²) < 4.78 is 5.26. The number of nitrogens with zero attached hydrogens (tertiary/aromatic N) is 1. The second-order valence-corrected chi connectivity index (χ2v) is 10.7. The first kappa shape index (κ1) is 30.9. The molecule has 2 aromatic rings. The van der Waals surface area contributed by atoms with E-state index in [2.05, 4.69) is 10.6 Å². The zero-order valence-electron chi connectivity index (χ0n) is 23.0. The summed E-state index contributed by atoms with van der Waals surface area (Å²) >= 11 is 6.36. The van der Waals surface area contributed by atoms with E-state index in [1.807, 2.05) is 6.92 Å². The van der Waals surface area contributed by atoms with Crippen molar-refractivity contribution in [3.63, 3.8) is 0 Å². The number of aliphatic hydroxyl groups excluding tert-OH is 1. The van der Waals surface area contributed by atoms with E-state index < -0.39 is 48.2 Å². The number of halogens is 1. The summed E-state index contributed by atoms with van der Waals surface area (Å²) in [5.74, 6) is -1.18. The molecule has 10 heteroatoms. The molecule has 2 rings (SSSR count). The van der Waals surface area contributed by atoms with Gasteiger partial charge in [-0.1, -0.05) is 36.7 Å². The Hall–Kier alpha value is -3.30. The van der Waals surface area contributed by atoms with Gasteiger partial charge in [0.05, 0.1) is 17.3 Å². The SMILES string of the molecule is CCC(C)N(C(=O)C(CO)NC(=O)OC(C)(C)C)C(C(=O)Nc1c(C)cccc1Cl)c1ccc(O)c(C)c1. The highest BCUT2D eigenvalue weighted by Gasteiger charge is 2.38. The van der Waals surface area contributed by atoms with Gasteiger partial charge in [0.1, 0.15) is 23.4 Å². The van der Waals surface area contributed by atoms with E-state index in [4.69, 9.17) is 16.3 Å². The highest BCUT2D eigenvalue weighted by Crippen LogP contribution is 2.32. The van der Waals surface area contributed by atoms with Crippen LogP contribution >= 0.6 is 11.6 Å². The van der Waals surface area contributed by atoms with Crippen molar-refractivity contribution in [3.05, 3.63) is 58.1 Å². The highest BCUT2D eigenvalue weighted by molar-refractivity contribution is 6.34. The Morgan fingerprint density at radius 1 is 1.11 bits per heavy atom. The summed E-state index contributed by atoms with van der Waals surface area (Å²) in [5.41, 5.74) is 1.26. The van der Waals surface area contributed by atoms with Crippen molar-refractivity contribution in [1.82, 2.24) is 10.2 Å². The zero-order chi connectivity index (χ0) is 28.8. The summed E-state index contributed by atoms with van der Waals surface area (Å²) in [6, 6.07) is 6.82. The van der Waals surface area contributed by atoms with Crippen molar-refractivity contribution in [3.8, 4) is 5.75 Å². The van der Waals surface area contributed by atoms with Crippen LogP contribution in [0.3, 0.4) is 0 Å². The molecular weight excluding hydrogens is 510 g/mol. The second-order valence-electron chi connectivity index (χ2n) is 10.3. The van der Waals surface area contributed by atoms with Crippen molar-refractivity contribution in [2.45, 2.75) is 78.6 Å². The number of hydrogen-bond donors (Lipinski definition) is 4. The van der Waals surface area contributed by atoms with Crippen LogP contribution in [0.5, 0.6) is 5.75 Å². The smallest absolute Gasteiger partial charge is 0.408 e. The van der Waals surface area contributed by atoms with Crippen LogP contribution in [0.15, 0.2) is 36.4 Å². The molecule has 3 unspecified atom stereocenters. The molecule has 0 aliphatic carbocycles. The van der Waals surface area contributed by atoms with Gasteiger partial charge >= 0.3 is 6.09 Å². The second kappa shape index (κ2) is 13.0. The third kappa shape index (κ3) is 7.85. The molecular formula is C28H38ClN3O6. The van der Waals surface area contributed by atoms with Gasteiger partial charge in [0.2, 0.25) is 5.91 Å². The Morgan fingerprint density at radius 3 is 2.29 bits per heavy atom. The number of phenols is 1. The van der Waals surface area contributed by atoms with Gasteiger partial charge in [0.15, 0.2) is 0 Å². The minimum atomic E-state index is -1.37. The standard InChI is InChI=1S/C28H38ClN3O6/c1-8-18(4)32(26(36)21(15-33)30-27(37)38-28(5,6)7)24(19-12-13-22(34)17(3)14-19)25(35)31-23-16(2)10-9-11-20(23)29/h9-14,18,21,24,33-34H,8,15H2,1-7H3,(H,30,37)(H,31,35). The molecule has 4 N–H and O–H groups in total. The number of aromatic hydroxyl groups is 1. The van der Waals surface area contributed by atoms with Gasteiger partial charge in [0, 0.05) is 6.04 Å². The summed E-state index contributed by atoms with van der Waals surface area (Å²) in [6.07, 6.45) is -0.398. The van der Waals surface area contributed by atoms with E-state index >= 15 is 0 Å². The van der Waals surface area contributed by atoms with Crippen molar-refractivity contribution in [2.75, 3.05) is 11.9 Å². The van der Waals surface area contributed by atoms with Crippen LogP contribution < -0.4 is 10.6 Å². The Balaban J connectivity index is 2.59. The number of phenolic OH excluding ortho intramolecular Hbond substituents is 1. The largest absolute Gasteiger partial charge is 0.508 e. The number of nitrogens with one attached hydrogen (secondary N) is 2. The molecule has 0 aliphatic rings. The fourth-order valence-electron chi connectivity index (χ4n) is 3.88. The molecule has 2 aromatic carbocycles. The zero-order valence-corrected chi connectivity index (χ0v) is 23.7. The lowest BCUT2D eigenvalue weighted by molar-refractivity contribution is -0.144. The van der Waals surface area contributed by atoms with Crippen LogP contribution in [-0.2, 0) is 14.3 Å². The van der Waals surface area contributed by atoms with Crippen LogP contribution in [0.4, 0.5) is 10.5 Å². The molecule has 9 nitrogen and oxygen atoms in total. The average Bonchev–Trinajstić information content (AvgIpc) is 2.83. The third-order valence-corrected chi connectivity index (χ3v) is 6.34. The van der Waals surface area contributed by atoms with Gasteiger partial charge in [-0.3, -0.25) is 9.59 Å².